The molecule has 0 radical (unpaired) electrons. The molecule has 0 spiro atoms. The van der Waals surface area contributed by atoms with Crippen LogP contribution in [0.4, 0.5) is 0 Å². The largest absolute Gasteiger partial charge is 0.469 e. The summed E-state index contributed by atoms with van der Waals surface area (Å²) in [6.07, 6.45) is 7.92. The van der Waals surface area contributed by atoms with Crippen molar-refractivity contribution in [3.8, 4) is 0 Å². The number of furan rings is 1. The van der Waals surface area contributed by atoms with Gasteiger partial charge in [-0.05, 0) is 19.0 Å². The smallest absolute Gasteiger partial charge is 0.108 e. The minimum absolute atomic E-state index is 0.477. The standard InChI is InChI=1S/C14H25NO/c1-4-7-8-9-13(15-6-3)12-10-11-16-14(12)5-2/h10-11,13,15H,4-9H2,1-3H3. The van der Waals surface area contributed by atoms with Crippen LogP contribution in [0.5, 0.6) is 0 Å². The van der Waals surface area contributed by atoms with Gasteiger partial charge in [0.25, 0.3) is 0 Å². The van der Waals surface area contributed by atoms with E-state index in [0.29, 0.717) is 6.04 Å². The van der Waals surface area contributed by atoms with Crippen molar-refractivity contribution in [2.75, 3.05) is 6.54 Å². The van der Waals surface area contributed by atoms with Gasteiger partial charge in [0, 0.05) is 18.0 Å². The second-order valence-electron chi connectivity index (χ2n) is 4.26. The molecular weight excluding hydrogens is 198 g/mol. The summed E-state index contributed by atoms with van der Waals surface area (Å²) in [7, 11) is 0. The fourth-order valence-corrected chi connectivity index (χ4v) is 2.16. The van der Waals surface area contributed by atoms with E-state index in [2.05, 4.69) is 32.2 Å². The third-order valence-electron chi connectivity index (χ3n) is 3.02. The van der Waals surface area contributed by atoms with Gasteiger partial charge in [0.05, 0.1) is 6.26 Å². The third-order valence-corrected chi connectivity index (χ3v) is 3.02. The van der Waals surface area contributed by atoms with E-state index in [1.807, 2.05) is 6.26 Å². The van der Waals surface area contributed by atoms with E-state index in [4.69, 9.17) is 4.42 Å². The van der Waals surface area contributed by atoms with Crippen molar-refractivity contribution in [1.29, 1.82) is 0 Å². The molecule has 0 amide bonds. The highest BCUT2D eigenvalue weighted by Crippen LogP contribution is 2.24. The van der Waals surface area contributed by atoms with E-state index >= 15 is 0 Å². The lowest BCUT2D eigenvalue weighted by Crippen LogP contribution is -2.21. The van der Waals surface area contributed by atoms with E-state index in [1.54, 1.807) is 0 Å². The molecular formula is C14H25NO. The molecule has 0 bridgehead atoms. The van der Waals surface area contributed by atoms with E-state index in [9.17, 15) is 0 Å². The molecule has 0 aliphatic rings. The molecule has 1 aromatic rings. The fourth-order valence-electron chi connectivity index (χ4n) is 2.16. The summed E-state index contributed by atoms with van der Waals surface area (Å²) in [6.45, 7) is 7.58. The van der Waals surface area contributed by atoms with Gasteiger partial charge in [0.2, 0.25) is 0 Å². The molecule has 1 atom stereocenters. The first kappa shape index (κ1) is 13.3. The van der Waals surface area contributed by atoms with Crippen LogP contribution in [-0.2, 0) is 6.42 Å². The molecule has 0 saturated carbocycles. The van der Waals surface area contributed by atoms with Crippen LogP contribution in [0, 0.1) is 0 Å². The van der Waals surface area contributed by atoms with Crippen molar-refractivity contribution < 1.29 is 4.42 Å². The molecule has 92 valence electrons. The number of rotatable bonds is 8. The Morgan fingerprint density at radius 2 is 2.06 bits per heavy atom. The van der Waals surface area contributed by atoms with Crippen molar-refractivity contribution in [3.63, 3.8) is 0 Å². The number of hydrogen-bond acceptors (Lipinski definition) is 2. The average Bonchev–Trinajstić information content (AvgIpc) is 2.76. The Morgan fingerprint density at radius 1 is 1.25 bits per heavy atom. The van der Waals surface area contributed by atoms with Crippen LogP contribution in [-0.4, -0.2) is 6.54 Å². The lowest BCUT2D eigenvalue weighted by atomic mass is 10.00. The second kappa shape index (κ2) is 7.50. The Hall–Kier alpha value is -0.760. The van der Waals surface area contributed by atoms with Crippen LogP contribution in [0.15, 0.2) is 16.7 Å². The second-order valence-corrected chi connectivity index (χ2v) is 4.26. The first-order valence-corrected chi connectivity index (χ1v) is 6.63. The first-order chi connectivity index (χ1) is 7.83. The van der Waals surface area contributed by atoms with E-state index in [-0.39, 0.29) is 0 Å². The number of aryl methyl sites for hydroxylation is 1. The fraction of sp³-hybridized carbons (Fsp3) is 0.714. The summed E-state index contributed by atoms with van der Waals surface area (Å²) in [5, 5.41) is 3.56. The molecule has 0 aliphatic carbocycles. The van der Waals surface area contributed by atoms with Crippen molar-refractivity contribution in [2.24, 2.45) is 0 Å². The van der Waals surface area contributed by atoms with E-state index in [0.717, 1.165) is 18.7 Å². The predicted octanol–water partition coefficient (Wildman–Crippen LogP) is 4.07. The first-order valence-electron chi connectivity index (χ1n) is 6.63. The lowest BCUT2D eigenvalue weighted by Gasteiger charge is -2.17. The summed E-state index contributed by atoms with van der Waals surface area (Å²) in [5.74, 6) is 1.14. The van der Waals surface area contributed by atoms with Crippen LogP contribution in [0.2, 0.25) is 0 Å². The molecule has 1 N–H and O–H groups in total. The van der Waals surface area contributed by atoms with Crippen molar-refractivity contribution in [1.82, 2.24) is 5.32 Å². The van der Waals surface area contributed by atoms with Gasteiger partial charge < -0.3 is 9.73 Å². The summed E-state index contributed by atoms with van der Waals surface area (Å²) in [6, 6.07) is 2.60. The Kier molecular flexibility index (Phi) is 6.24. The lowest BCUT2D eigenvalue weighted by molar-refractivity contribution is 0.460. The van der Waals surface area contributed by atoms with Crippen LogP contribution in [0.25, 0.3) is 0 Å². The number of hydrogen-bond donors (Lipinski definition) is 1. The monoisotopic (exact) mass is 223 g/mol. The number of unbranched alkanes of at least 4 members (excludes halogenated alkanes) is 2. The highest BCUT2D eigenvalue weighted by atomic mass is 16.3. The van der Waals surface area contributed by atoms with Gasteiger partial charge in [-0.1, -0.05) is 40.0 Å². The Labute approximate surface area is 99.4 Å². The molecule has 1 heterocycles. The van der Waals surface area contributed by atoms with E-state index in [1.165, 1.54) is 31.2 Å². The minimum Gasteiger partial charge on any atom is -0.469 e. The average molecular weight is 223 g/mol. The Morgan fingerprint density at radius 3 is 2.69 bits per heavy atom. The van der Waals surface area contributed by atoms with Crippen LogP contribution in [0.1, 0.15) is 63.8 Å². The van der Waals surface area contributed by atoms with Crippen LogP contribution < -0.4 is 5.32 Å². The zero-order valence-electron chi connectivity index (χ0n) is 10.9. The van der Waals surface area contributed by atoms with Crippen LogP contribution >= 0.6 is 0 Å². The zero-order chi connectivity index (χ0) is 11.8. The van der Waals surface area contributed by atoms with Crippen molar-refractivity contribution >= 4 is 0 Å². The third kappa shape index (κ3) is 3.67. The maximum Gasteiger partial charge on any atom is 0.108 e. The SMILES string of the molecule is CCCCCC(NCC)c1ccoc1CC. The highest BCUT2D eigenvalue weighted by Gasteiger charge is 2.15. The maximum atomic E-state index is 5.51. The van der Waals surface area contributed by atoms with E-state index < -0.39 is 0 Å². The molecule has 0 fully saturated rings. The molecule has 16 heavy (non-hydrogen) atoms. The Balaban J connectivity index is 2.61. The van der Waals surface area contributed by atoms with Gasteiger partial charge in [0.15, 0.2) is 0 Å². The summed E-state index contributed by atoms with van der Waals surface area (Å²) in [4.78, 5) is 0. The molecule has 1 aromatic heterocycles. The normalized spacial score (nSPS) is 12.9. The van der Waals surface area contributed by atoms with Gasteiger partial charge in [-0.2, -0.15) is 0 Å². The molecule has 1 rings (SSSR count). The van der Waals surface area contributed by atoms with Crippen LogP contribution in [0.3, 0.4) is 0 Å². The highest BCUT2D eigenvalue weighted by molar-refractivity contribution is 5.21. The van der Waals surface area contributed by atoms with Gasteiger partial charge in [0.1, 0.15) is 5.76 Å². The number of nitrogens with one attached hydrogen (secondary N) is 1. The van der Waals surface area contributed by atoms with Gasteiger partial charge in [-0.25, -0.2) is 0 Å². The molecule has 1 unspecified atom stereocenters. The molecule has 0 aromatic carbocycles. The Bertz CT molecular complexity index is 280. The van der Waals surface area contributed by atoms with Crippen molar-refractivity contribution in [3.05, 3.63) is 23.7 Å². The summed E-state index contributed by atoms with van der Waals surface area (Å²) >= 11 is 0. The van der Waals surface area contributed by atoms with Gasteiger partial charge >= 0.3 is 0 Å². The minimum atomic E-state index is 0.477. The molecule has 0 aliphatic heterocycles. The molecule has 2 heteroatoms. The zero-order valence-corrected chi connectivity index (χ0v) is 10.9. The summed E-state index contributed by atoms with van der Waals surface area (Å²) in [5.41, 5.74) is 1.36. The van der Waals surface area contributed by atoms with Gasteiger partial charge in [-0.15, -0.1) is 0 Å². The molecule has 0 saturated heterocycles. The van der Waals surface area contributed by atoms with Gasteiger partial charge in [-0.3, -0.25) is 0 Å². The topological polar surface area (TPSA) is 25.2 Å². The summed E-state index contributed by atoms with van der Waals surface area (Å²) < 4.78 is 5.51. The van der Waals surface area contributed by atoms with Crippen molar-refractivity contribution in [2.45, 2.75) is 58.9 Å². The quantitative estimate of drug-likeness (QED) is 0.672. The molecule has 2 nitrogen and oxygen atoms in total. The predicted molar refractivity (Wildman–Crippen MR) is 68.6 cm³/mol. The maximum absolute atomic E-state index is 5.51.